The van der Waals surface area contributed by atoms with Crippen LogP contribution in [-0.2, 0) is 9.59 Å². The van der Waals surface area contributed by atoms with Crippen molar-refractivity contribution < 1.29 is 9.59 Å². The van der Waals surface area contributed by atoms with Crippen LogP contribution in [0.3, 0.4) is 0 Å². The summed E-state index contributed by atoms with van der Waals surface area (Å²) in [4.78, 5) is 32.8. The summed E-state index contributed by atoms with van der Waals surface area (Å²) in [5, 5.41) is 3.26. The second-order valence-corrected chi connectivity index (χ2v) is 8.84. The Labute approximate surface area is 200 Å². The predicted octanol–water partition coefficient (Wildman–Crippen LogP) is 4.75. The second kappa shape index (κ2) is 9.06. The van der Waals surface area contributed by atoms with E-state index in [9.17, 15) is 9.59 Å². The van der Waals surface area contributed by atoms with Crippen LogP contribution in [0.25, 0.3) is 5.57 Å². The molecule has 2 aliphatic rings. The summed E-state index contributed by atoms with van der Waals surface area (Å²) in [6, 6.07) is 24.9. The van der Waals surface area contributed by atoms with Gasteiger partial charge in [-0.15, -0.1) is 0 Å². The highest BCUT2D eigenvalue weighted by atomic mass is 16.2. The molecule has 1 saturated heterocycles. The summed E-state index contributed by atoms with van der Waals surface area (Å²) < 4.78 is 0. The molecular formula is C28H28N4O2. The Balaban J connectivity index is 1.51. The van der Waals surface area contributed by atoms with Gasteiger partial charge < -0.3 is 15.1 Å². The number of nitrogens with zero attached hydrogens (tertiary/aromatic N) is 3. The number of carbonyl (C=O) groups is 2. The zero-order valence-electron chi connectivity index (χ0n) is 19.5. The molecule has 0 saturated carbocycles. The Bertz CT molecular complexity index is 1240. The maximum atomic E-state index is 13.6. The van der Waals surface area contributed by atoms with Gasteiger partial charge in [-0.1, -0.05) is 36.4 Å². The van der Waals surface area contributed by atoms with Crippen molar-refractivity contribution in [2.45, 2.75) is 12.8 Å². The number of carbonyl (C=O) groups excluding carboxylic acids is 2. The SMILES string of the molecule is CN(C)c1cccc(N2C(=O)C(Nc3ccc(N4CCCC4)cc3)=C(c3ccccc3)C2=O)c1. The van der Waals surface area contributed by atoms with E-state index in [4.69, 9.17) is 0 Å². The molecule has 6 nitrogen and oxygen atoms in total. The lowest BCUT2D eigenvalue weighted by Gasteiger charge is -2.19. The van der Waals surface area contributed by atoms with E-state index >= 15 is 0 Å². The minimum Gasteiger partial charge on any atom is -0.378 e. The van der Waals surface area contributed by atoms with E-state index in [0.29, 0.717) is 22.5 Å². The van der Waals surface area contributed by atoms with Crippen molar-refractivity contribution in [3.8, 4) is 0 Å². The van der Waals surface area contributed by atoms with E-state index in [1.165, 1.54) is 23.4 Å². The first kappa shape index (κ1) is 21.8. The number of anilines is 4. The van der Waals surface area contributed by atoms with Crippen LogP contribution in [0.15, 0.2) is 84.6 Å². The third-order valence-electron chi connectivity index (χ3n) is 6.36. The molecule has 2 aliphatic heterocycles. The largest absolute Gasteiger partial charge is 0.378 e. The average Bonchev–Trinajstić information content (AvgIpc) is 3.47. The summed E-state index contributed by atoms with van der Waals surface area (Å²) in [7, 11) is 3.86. The maximum Gasteiger partial charge on any atom is 0.282 e. The monoisotopic (exact) mass is 452 g/mol. The number of hydrogen-bond acceptors (Lipinski definition) is 5. The number of nitrogens with one attached hydrogen (secondary N) is 1. The van der Waals surface area contributed by atoms with Crippen molar-refractivity contribution in [1.29, 1.82) is 0 Å². The van der Waals surface area contributed by atoms with Gasteiger partial charge >= 0.3 is 0 Å². The average molecular weight is 453 g/mol. The van der Waals surface area contributed by atoms with Crippen LogP contribution in [0.4, 0.5) is 22.7 Å². The van der Waals surface area contributed by atoms with Crippen LogP contribution < -0.4 is 20.0 Å². The number of benzene rings is 3. The van der Waals surface area contributed by atoms with Gasteiger partial charge in [0.15, 0.2) is 0 Å². The second-order valence-electron chi connectivity index (χ2n) is 8.84. The standard InChI is InChI=1S/C28H28N4O2/c1-30(2)23-11-8-12-24(19-23)32-27(33)25(20-9-4-3-5-10-20)26(28(32)34)29-21-13-15-22(16-14-21)31-17-6-7-18-31/h3-5,8-16,19,29H,6-7,17-18H2,1-2H3. The fourth-order valence-electron chi connectivity index (χ4n) is 4.54. The molecule has 5 rings (SSSR count). The molecule has 0 unspecified atom stereocenters. The summed E-state index contributed by atoms with van der Waals surface area (Å²) >= 11 is 0. The topological polar surface area (TPSA) is 55.9 Å². The highest BCUT2D eigenvalue weighted by molar-refractivity contribution is 6.46. The van der Waals surface area contributed by atoms with E-state index in [1.807, 2.05) is 79.7 Å². The lowest BCUT2D eigenvalue weighted by molar-refractivity contribution is -0.120. The van der Waals surface area contributed by atoms with Gasteiger partial charge in [0.05, 0.1) is 11.3 Å². The fourth-order valence-corrected chi connectivity index (χ4v) is 4.54. The first-order valence-corrected chi connectivity index (χ1v) is 11.6. The molecule has 0 spiro atoms. The number of imide groups is 1. The van der Waals surface area contributed by atoms with Crippen molar-refractivity contribution in [3.05, 3.63) is 90.1 Å². The third-order valence-corrected chi connectivity index (χ3v) is 6.36. The molecule has 1 fully saturated rings. The number of rotatable bonds is 6. The Morgan fingerprint density at radius 3 is 2.15 bits per heavy atom. The van der Waals surface area contributed by atoms with Crippen LogP contribution in [-0.4, -0.2) is 39.0 Å². The molecule has 0 radical (unpaired) electrons. The summed E-state index contributed by atoms with van der Waals surface area (Å²) in [5.41, 5.74) is 4.80. The molecule has 0 aliphatic carbocycles. The first-order valence-electron chi connectivity index (χ1n) is 11.6. The zero-order valence-corrected chi connectivity index (χ0v) is 19.5. The normalized spacial score (nSPS) is 15.9. The predicted molar refractivity (Wildman–Crippen MR) is 138 cm³/mol. The van der Waals surface area contributed by atoms with Gasteiger partial charge in [-0.2, -0.15) is 0 Å². The quantitative estimate of drug-likeness (QED) is 0.547. The highest BCUT2D eigenvalue weighted by Crippen LogP contribution is 2.35. The van der Waals surface area contributed by atoms with Gasteiger partial charge in [-0.3, -0.25) is 9.59 Å². The van der Waals surface area contributed by atoms with E-state index in [-0.39, 0.29) is 11.8 Å². The van der Waals surface area contributed by atoms with Crippen LogP contribution in [0, 0.1) is 0 Å². The summed E-state index contributed by atoms with van der Waals surface area (Å²) in [6.07, 6.45) is 2.43. The zero-order chi connectivity index (χ0) is 23.7. The summed E-state index contributed by atoms with van der Waals surface area (Å²) in [5.74, 6) is -0.688. The Kier molecular flexibility index (Phi) is 5.80. The van der Waals surface area contributed by atoms with Crippen molar-refractivity contribution in [1.82, 2.24) is 0 Å². The van der Waals surface area contributed by atoms with Gasteiger partial charge in [0.2, 0.25) is 0 Å². The van der Waals surface area contributed by atoms with Gasteiger partial charge in [0.1, 0.15) is 5.70 Å². The van der Waals surface area contributed by atoms with Gasteiger partial charge in [-0.25, -0.2) is 4.90 Å². The van der Waals surface area contributed by atoms with Crippen molar-refractivity contribution in [2.24, 2.45) is 0 Å². The minimum atomic E-state index is -0.358. The molecule has 3 aromatic rings. The lowest BCUT2D eigenvalue weighted by Crippen LogP contribution is -2.32. The van der Waals surface area contributed by atoms with Gasteiger partial charge in [-0.05, 0) is 60.9 Å². The van der Waals surface area contributed by atoms with Crippen molar-refractivity contribution in [2.75, 3.05) is 47.2 Å². The molecular weight excluding hydrogens is 424 g/mol. The lowest BCUT2D eigenvalue weighted by atomic mass is 10.0. The molecule has 0 atom stereocenters. The van der Waals surface area contributed by atoms with Crippen LogP contribution in [0.2, 0.25) is 0 Å². The number of hydrogen-bond donors (Lipinski definition) is 1. The summed E-state index contributed by atoms with van der Waals surface area (Å²) in [6.45, 7) is 2.15. The Hall–Kier alpha value is -4.06. The number of amides is 2. The van der Waals surface area contributed by atoms with Crippen LogP contribution >= 0.6 is 0 Å². The van der Waals surface area contributed by atoms with E-state index < -0.39 is 0 Å². The van der Waals surface area contributed by atoms with Gasteiger partial charge in [0.25, 0.3) is 11.8 Å². The molecule has 6 heteroatoms. The van der Waals surface area contributed by atoms with Crippen LogP contribution in [0.1, 0.15) is 18.4 Å². The van der Waals surface area contributed by atoms with Crippen molar-refractivity contribution >= 4 is 40.1 Å². The van der Waals surface area contributed by atoms with E-state index in [0.717, 1.165) is 24.5 Å². The molecule has 3 aromatic carbocycles. The molecule has 2 heterocycles. The minimum absolute atomic E-state index is 0.292. The maximum absolute atomic E-state index is 13.6. The van der Waals surface area contributed by atoms with Gasteiger partial charge in [0, 0.05) is 44.2 Å². The highest BCUT2D eigenvalue weighted by Gasteiger charge is 2.40. The molecule has 0 bridgehead atoms. The molecule has 1 N–H and O–H groups in total. The third kappa shape index (κ3) is 4.03. The first-order chi connectivity index (χ1) is 16.5. The van der Waals surface area contributed by atoms with Crippen LogP contribution in [0.5, 0.6) is 0 Å². The Morgan fingerprint density at radius 2 is 1.47 bits per heavy atom. The molecule has 2 amide bonds. The fraction of sp³-hybridized carbons (Fsp3) is 0.214. The van der Waals surface area contributed by atoms with E-state index in [1.54, 1.807) is 6.07 Å². The van der Waals surface area contributed by atoms with Crippen molar-refractivity contribution in [3.63, 3.8) is 0 Å². The molecule has 34 heavy (non-hydrogen) atoms. The Morgan fingerprint density at radius 1 is 0.765 bits per heavy atom. The molecule has 0 aromatic heterocycles. The molecule has 172 valence electrons. The van der Waals surface area contributed by atoms with E-state index in [2.05, 4.69) is 22.3 Å². The smallest absolute Gasteiger partial charge is 0.282 e.